The lowest BCUT2D eigenvalue weighted by molar-refractivity contribution is -0.151. The summed E-state index contributed by atoms with van der Waals surface area (Å²) in [6, 6.07) is 7.03. The first kappa shape index (κ1) is 15.8. The second kappa shape index (κ2) is 8.04. The number of esters is 1. The molecule has 0 spiro atoms. The van der Waals surface area contributed by atoms with Crippen LogP contribution < -0.4 is 10.5 Å². The number of nitrogens with zero attached hydrogens (tertiary/aromatic N) is 1. The number of benzene rings is 1. The number of nitrogen functional groups attached to an aromatic ring is 1. The summed E-state index contributed by atoms with van der Waals surface area (Å²) in [5, 5.41) is 0. The van der Waals surface area contributed by atoms with Gasteiger partial charge in [-0.3, -0.25) is 9.59 Å². The number of hydrogen-bond donors (Lipinski definition) is 1. The quantitative estimate of drug-likeness (QED) is 0.596. The molecule has 0 fully saturated rings. The minimum Gasteiger partial charge on any atom is -0.491 e. The molecule has 0 aliphatic heterocycles. The number of rotatable bonds is 7. The highest BCUT2D eigenvalue weighted by Gasteiger charge is 2.10. The molecule has 0 aliphatic rings. The maximum Gasteiger partial charge on any atom is 0.309 e. The maximum atomic E-state index is 11.4. The van der Waals surface area contributed by atoms with Crippen molar-refractivity contribution in [3.63, 3.8) is 0 Å². The number of para-hydroxylation sites is 2. The number of hydrogen-bond acceptors (Lipinski definition) is 5. The molecule has 1 amide bonds. The number of ether oxygens (including phenoxy) is 2. The zero-order valence-corrected chi connectivity index (χ0v) is 11.8. The van der Waals surface area contributed by atoms with E-state index in [4.69, 9.17) is 15.2 Å². The molecule has 0 saturated carbocycles. The van der Waals surface area contributed by atoms with Crippen molar-refractivity contribution in [1.29, 1.82) is 0 Å². The molecule has 0 aliphatic carbocycles. The lowest BCUT2D eigenvalue weighted by atomic mass is 10.3. The van der Waals surface area contributed by atoms with Crippen LogP contribution in [0.5, 0.6) is 5.75 Å². The van der Waals surface area contributed by atoms with Crippen LogP contribution in [0.2, 0.25) is 0 Å². The first-order chi connectivity index (χ1) is 9.54. The van der Waals surface area contributed by atoms with Gasteiger partial charge >= 0.3 is 5.97 Å². The van der Waals surface area contributed by atoms with E-state index in [0.717, 1.165) is 0 Å². The van der Waals surface area contributed by atoms with Gasteiger partial charge < -0.3 is 20.1 Å². The highest BCUT2D eigenvalue weighted by molar-refractivity contribution is 5.80. The molecule has 0 bridgehead atoms. The zero-order chi connectivity index (χ0) is 15.0. The number of likely N-dealkylation sites (N-methyl/N-ethyl adjacent to an activating group) is 1. The first-order valence-electron chi connectivity index (χ1n) is 6.41. The molecule has 0 radical (unpaired) electrons. The average molecular weight is 280 g/mol. The van der Waals surface area contributed by atoms with E-state index in [-0.39, 0.29) is 25.5 Å². The van der Waals surface area contributed by atoms with Gasteiger partial charge in [-0.2, -0.15) is 0 Å². The van der Waals surface area contributed by atoms with Crippen molar-refractivity contribution in [2.75, 3.05) is 32.5 Å². The smallest absolute Gasteiger partial charge is 0.309 e. The minimum absolute atomic E-state index is 0.0669. The van der Waals surface area contributed by atoms with Crippen LogP contribution in [0.3, 0.4) is 0 Å². The number of nitrogens with two attached hydrogens (primary N) is 1. The molecule has 1 rings (SSSR count). The molecule has 0 unspecified atom stereocenters. The highest BCUT2D eigenvalue weighted by Crippen LogP contribution is 2.19. The summed E-state index contributed by atoms with van der Waals surface area (Å²) in [4.78, 5) is 24.3. The van der Waals surface area contributed by atoms with E-state index in [0.29, 0.717) is 18.0 Å². The van der Waals surface area contributed by atoms with Crippen LogP contribution in [0.1, 0.15) is 13.3 Å². The summed E-state index contributed by atoms with van der Waals surface area (Å²) in [6.07, 6.45) is 0.0669. The fraction of sp³-hybridized carbons (Fsp3) is 0.429. The summed E-state index contributed by atoms with van der Waals surface area (Å²) in [7, 11) is 1.65. The Balaban J connectivity index is 2.24. The molecular formula is C14H20N2O4. The third-order valence-electron chi connectivity index (χ3n) is 2.74. The zero-order valence-electron chi connectivity index (χ0n) is 11.8. The fourth-order valence-corrected chi connectivity index (χ4v) is 1.36. The molecule has 20 heavy (non-hydrogen) atoms. The predicted octanol–water partition coefficient (Wildman–Crippen LogP) is 1.06. The Kier molecular flexibility index (Phi) is 6.36. The van der Waals surface area contributed by atoms with Crippen LogP contribution >= 0.6 is 0 Å². The Morgan fingerprint density at radius 3 is 2.65 bits per heavy atom. The van der Waals surface area contributed by atoms with Crippen molar-refractivity contribution < 1.29 is 19.1 Å². The van der Waals surface area contributed by atoms with Gasteiger partial charge in [-0.1, -0.05) is 12.1 Å². The van der Waals surface area contributed by atoms with Gasteiger partial charge in [0.25, 0.3) is 5.91 Å². The van der Waals surface area contributed by atoms with Gasteiger partial charge in [0.1, 0.15) is 5.75 Å². The third-order valence-corrected chi connectivity index (χ3v) is 2.74. The van der Waals surface area contributed by atoms with E-state index >= 15 is 0 Å². The van der Waals surface area contributed by atoms with Gasteiger partial charge in [0.2, 0.25) is 0 Å². The molecule has 110 valence electrons. The minimum atomic E-state index is -0.475. The normalized spacial score (nSPS) is 9.90. The Hall–Kier alpha value is -2.24. The summed E-state index contributed by atoms with van der Waals surface area (Å²) in [6.45, 7) is 2.34. The summed E-state index contributed by atoms with van der Waals surface area (Å²) < 4.78 is 10.2. The third kappa shape index (κ3) is 5.17. The van der Waals surface area contributed by atoms with Crippen molar-refractivity contribution in [3.05, 3.63) is 24.3 Å². The van der Waals surface area contributed by atoms with Gasteiger partial charge in [0.05, 0.1) is 18.7 Å². The van der Waals surface area contributed by atoms with Crippen molar-refractivity contribution in [1.82, 2.24) is 4.90 Å². The molecular weight excluding hydrogens is 260 g/mol. The monoisotopic (exact) mass is 280 g/mol. The summed E-state index contributed by atoms with van der Waals surface area (Å²) >= 11 is 0. The van der Waals surface area contributed by atoms with Crippen LogP contribution in [-0.4, -0.2) is 43.6 Å². The maximum absolute atomic E-state index is 11.4. The number of anilines is 1. The van der Waals surface area contributed by atoms with Crippen LogP contribution in [0.4, 0.5) is 5.69 Å². The van der Waals surface area contributed by atoms with Crippen molar-refractivity contribution in [2.45, 2.75) is 13.3 Å². The molecule has 0 atom stereocenters. The summed E-state index contributed by atoms with van der Waals surface area (Å²) in [5.74, 6) is -0.173. The highest BCUT2D eigenvalue weighted by atomic mass is 16.5. The van der Waals surface area contributed by atoms with E-state index in [2.05, 4.69) is 0 Å². The Labute approximate surface area is 118 Å². The van der Waals surface area contributed by atoms with E-state index in [1.807, 2.05) is 6.92 Å². The molecule has 6 heteroatoms. The Morgan fingerprint density at radius 1 is 1.30 bits per heavy atom. The molecule has 1 aromatic carbocycles. The van der Waals surface area contributed by atoms with Crippen molar-refractivity contribution in [2.24, 2.45) is 0 Å². The van der Waals surface area contributed by atoms with Gasteiger partial charge in [0.15, 0.2) is 6.61 Å². The lowest BCUT2D eigenvalue weighted by Crippen LogP contribution is -2.31. The van der Waals surface area contributed by atoms with E-state index in [1.165, 1.54) is 4.90 Å². The second-order valence-corrected chi connectivity index (χ2v) is 4.20. The SMILES string of the molecule is CCN(C)C(=O)COC(=O)CCOc1ccccc1N. The largest absolute Gasteiger partial charge is 0.491 e. The fourth-order valence-electron chi connectivity index (χ4n) is 1.36. The molecule has 6 nitrogen and oxygen atoms in total. The number of amides is 1. The van der Waals surface area contributed by atoms with Crippen LogP contribution in [0, 0.1) is 0 Å². The van der Waals surface area contributed by atoms with Gasteiger partial charge in [0, 0.05) is 13.6 Å². The Morgan fingerprint density at radius 2 is 2.00 bits per heavy atom. The van der Waals surface area contributed by atoms with Gasteiger partial charge in [-0.15, -0.1) is 0 Å². The standard InChI is InChI=1S/C14H20N2O4/c1-3-16(2)13(17)10-20-14(18)8-9-19-12-7-5-4-6-11(12)15/h4-7H,3,8-10,15H2,1-2H3. The van der Waals surface area contributed by atoms with E-state index in [9.17, 15) is 9.59 Å². The second-order valence-electron chi connectivity index (χ2n) is 4.20. The first-order valence-corrected chi connectivity index (χ1v) is 6.41. The topological polar surface area (TPSA) is 81.9 Å². The van der Waals surface area contributed by atoms with Crippen molar-refractivity contribution in [3.8, 4) is 5.75 Å². The molecule has 1 aromatic rings. The number of carbonyl (C=O) groups is 2. The average Bonchev–Trinajstić information content (AvgIpc) is 2.45. The molecule has 0 heterocycles. The van der Waals surface area contributed by atoms with Gasteiger partial charge in [-0.25, -0.2) is 0 Å². The molecule has 0 aromatic heterocycles. The summed E-state index contributed by atoms with van der Waals surface area (Å²) in [5.41, 5.74) is 6.21. The molecule has 2 N–H and O–H groups in total. The predicted molar refractivity (Wildman–Crippen MR) is 75.2 cm³/mol. The van der Waals surface area contributed by atoms with Crippen LogP contribution in [-0.2, 0) is 14.3 Å². The lowest BCUT2D eigenvalue weighted by Gasteiger charge is -2.14. The molecule has 0 saturated heterocycles. The van der Waals surface area contributed by atoms with Crippen LogP contribution in [0.15, 0.2) is 24.3 Å². The van der Waals surface area contributed by atoms with Crippen LogP contribution in [0.25, 0.3) is 0 Å². The van der Waals surface area contributed by atoms with Gasteiger partial charge in [-0.05, 0) is 19.1 Å². The van der Waals surface area contributed by atoms with Crippen molar-refractivity contribution >= 4 is 17.6 Å². The Bertz CT molecular complexity index is 462. The van der Waals surface area contributed by atoms with E-state index in [1.54, 1.807) is 31.3 Å². The van der Waals surface area contributed by atoms with E-state index < -0.39 is 5.97 Å². The number of carbonyl (C=O) groups excluding carboxylic acids is 2.